The number of nitrogens with zero attached hydrogens (tertiary/aromatic N) is 5. The van der Waals surface area contributed by atoms with Gasteiger partial charge in [-0.15, -0.1) is 0 Å². The van der Waals surface area contributed by atoms with Crippen LogP contribution in [0.3, 0.4) is 0 Å². The van der Waals surface area contributed by atoms with Crippen molar-refractivity contribution in [3.05, 3.63) is 48.5 Å². The molecule has 140 valence electrons. The highest BCUT2D eigenvalue weighted by molar-refractivity contribution is 5.77. The van der Waals surface area contributed by atoms with Gasteiger partial charge in [0.05, 0.1) is 36.2 Å². The van der Waals surface area contributed by atoms with E-state index in [0.29, 0.717) is 6.54 Å². The van der Waals surface area contributed by atoms with Crippen LogP contribution in [0.1, 0.15) is 5.56 Å². The Morgan fingerprint density at radius 2 is 1.81 bits per heavy atom. The van der Waals surface area contributed by atoms with Gasteiger partial charge < -0.3 is 19.9 Å². The van der Waals surface area contributed by atoms with Crippen LogP contribution >= 0.6 is 0 Å². The lowest BCUT2D eigenvalue weighted by Gasteiger charge is -2.35. The van der Waals surface area contributed by atoms with Crippen LogP contribution in [-0.2, 0) is 6.54 Å². The van der Waals surface area contributed by atoms with Crippen molar-refractivity contribution in [1.29, 1.82) is 0 Å². The summed E-state index contributed by atoms with van der Waals surface area (Å²) >= 11 is 0. The molecule has 0 amide bonds. The Balaban J connectivity index is 1.57. The smallest absolute Gasteiger partial charge is 0.162 e. The fourth-order valence-corrected chi connectivity index (χ4v) is 3.39. The van der Waals surface area contributed by atoms with Crippen LogP contribution in [0.2, 0.25) is 0 Å². The Hall–Kier alpha value is -2.93. The average Bonchev–Trinajstić information content (AvgIpc) is 2.72. The van der Waals surface area contributed by atoms with Crippen molar-refractivity contribution >= 4 is 22.4 Å². The maximum absolute atomic E-state index is 5.60. The molecule has 1 N–H and O–H groups in total. The van der Waals surface area contributed by atoms with Crippen molar-refractivity contribution in [3.8, 4) is 5.75 Å². The van der Waals surface area contributed by atoms with Gasteiger partial charge in [0, 0.05) is 45.1 Å². The first-order chi connectivity index (χ1) is 13.2. The van der Waals surface area contributed by atoms with E-state index in [1.807, 2.05) is 12.3 Å². The molecule has 4 rings (SSSR count). The molecule has 7 nitrogen and oxygen atoms in total. The number of anilines is 2. The van der Waals surface area contributed by atoms with Gasteiger partial charge in [0.25, 0.3) is 0 Å². The van der Waals surface area contributed by atoms with E-state index in [2.05, 4.69) is 49.2 Å². The number of benzene rings is 1. The van der Waals surface area contributed by atoms with E-state index in [1.165, 1.54) is 0 Å². The summed E-state index contributed by atoms with van der Waals surface area (Å²) < 4.78 is 5.60. The van der Waals surface area contributed by atoms with Gasteiger partial charge in [0.2, 0.25) is 0 Å². The average molecular weight is 364 g/mol. The summed E-state index contributed by atoms with van der Waals surface area (Å²) in [5.41, 5.74) is 5.02. The quantitative estimate of drug-likeness (QED) is 0.746. The molecule has 0 saturated carbocycles. The highest BCUT2D eigenvalue weighted by Gasteiger charge is 2.21. The number of aromatic nitrogens is 3. The fourth-order valence-electron chi connectivity index (χ4n) is 3.39. The summed E-state index contributed by atoms with van der Waals surface area (Å²) in [4.78, 5) is 17.8. The summed E-state index contributed by atoms with van der Waals surface area (Å²) in [6.07, 6.45) is 7.09. The van der Waals surface area contributed by atoms with Crippen molar-refractivity contribution in [2.75, 3.05) is 50.6 Å². The lowest BCUT2D eigenvalue weighted by Crippen LogP contribution is -2.44. The normalized spacial score (nSPS) is 15.1. The minimum absolute atomic E-state index is 0.683. The van der Waals surface area contributed by atoms with Gasteiger partial charge in [0.15, 0.2) is 5.75 Å². The number of ether oxygens (including phenoxy) is 1. The van der Waals surface area contributed by atoms with Crippen LogP contribution in [0.4, 0.5) is 11.4 Å². The number of pyridine rings is 1. The summed E-state index contributed by atoms with van der Waals surface area (Å²) in [7, 11) is 3.85. The maximum atomic E-state index is 5.60. The minimum atomic E-state index is 0.683. The Labute approximate surface area is 159 Å². The highest BCUT2D eigenvalue weighted by Crippen LogP contribution is 2.35. The lowest BCUT2D eigenvalue weighted by molar-refractivity contribution is 0.311. The molecule has 7 heteroatoms. The van der Waals surface area contributed by atoms with Crippen LogP contribution in [0.25, 0.3) is 11.0 Å². The third-order valence-electron chi connectivity index (χ3n) is 4.94. The number of hydrogen-bond acceptors (Lipinski definition) is 7. The zero-order chi connectivity index (χ0) is 18.6. The van der Waals surface area contributed by atoms with Crippen LogP contribution < -0.4 is 15.0 Å². The Morgan fingerprint density at radius 1 is 1.04 bits per heavy atom. The fraction of sp³-hybridized carbons (Fsp3) is 0.350. The predicted octanol–water partition coefficient (Wildman–Crippen LogP) is 2.40. The molecule has 3 aromatic rings. The largest absolute Gasteiger partial charge is 0.493 e. The first-order valence-electron chi connectivity index (χ1n) is 9.13. The van der Waals surface area contributed by atoms with Crippen molar-refractivity contribution in [2.45, 2.75) is 6.54 Å². The van der Waals surface area contributed by atoms with Gasteiger partial charge in [-0.25, -0.2) is 0 Å². The molecule has 0 atom stereocenters. The molecule has 0 unspecified atom stereocenters. The van der Waals surface area contributed by atoms with Crippen molar-refractivity contribution in [3.63, 3.8) is 0 Å². The molecule has 0 radical (unpaired) electrons. The Kier molecular flexibility index (Phi) is 5.02. The van der Waals surface area contributed by atoms with Crippen LogP contribution in [0.15, 0.2) is 43.0 Å². The number of hydrogen-bond donors (Lipinski definition) is 1. The van der Waals surface area contributed by atoms with Crippen molar-refractivity contribution in [1.82, 2.24) is 19.9 Å². The van der Waals surface area contributed by atoms with Crippen LogP contribution in [-0.4, -0.2) is 60.2 Å². The summed E-state index contributed by atoms with van der Waals surface area (Å²) in [5.74, 6) is 0.800. The van der Waals surface area contributed by atoms with E-state index in [-0.39, 0.29) is 0 Å². The van der Waals surface area contributed by atoms with E-state index in [9.17, 15) is 0 Å². The molecular weight excluding hydrogens is 340 g/mol. The zero-order valence-electron chi connectivity index (χ0n) is 15.7. The zero-order valence-corrected chi connectivity index (χ0v) is 15.7. The van der Waals surface area contributed by atoms with E-state index in [4.69, 9.17) is 4.74 Å². The number of methoxy groups -OCH3 is 1. The van der Waals surface area contributed by atoms with Crippen LogP contribution in [0.5, 0.6) is 5.75 Å². The topological polar surface area (TPSA) is 66.4 Å². The SMILES string of the molecule is COc1cncc(NCc2ccc3nccnc3c2)c1N1CCN(C)CC1. The molecule has 1 fully saturated rings. The highest BCUT2D eigenvalue weighted by atomic mass is 16.5. The molecule has 0 bridgehead atoms. The molecular formula is C20H24N6O. The van der Waals surface area contributed by atoms with Gasteiger partial charge in [-0.05, 0) is 24.7 Å². The van der Waals surface area contributed by atoms with E-state index >= 15 is 0 Å². The van der Waals surface area contributed by atoms with Crippen molar-refractivity contribution < 1.29 is 4.74 Å². The lowest BCUT2D eigenvalue weighted by atomic mass is 10.2. The van der Waals surface area contributed by atoms with Gasteiger partial charge >= 0.3 is 0 Å². The minimum Gasteiger partial charge on any atom is -0.493 e. The molecule has 2 aromatic heterocycles. The molecule has 1 saturated heterocycles. The van der Waals surface area contributed by atoms with E-state index in [1.54, 1.807) is 25.7 Å². The maximum Gasteiger partial charge on any atom is 0.162 e. The number of piperazine rings is 1. The standard InChI is InChI=1S/C20H24N6O/c1-25-7-9-26(10-8-25)20-18(13-21-14-19(20)27-2)24-12-15-3-4-16-17(11-15)23-6-5-22-16/h3-6,11,13-14,24H,7-10,12H2,1-2H3. The summed E-state index contributed by atoms with van der Waals surface area (Å²) in [5, 5.41) is 3.53. The molecule has 1 aliphatic heterocycles. The second-order valence-corrected chi connectivity index (χ2v) is 6.76. The molecule has 0 aliphatic carbocycles. The molecule has 27 heavy (non-hydrogen) atoms. The second-order valence-electron chi connectivity index (χ2n) is 6.76. The first-order valence-corrected chi connectivity index (χ1v) is 9.13. The predicted molar refractivity (Wildman–Crippen MR) is 107 cm³/mol. The number of nitrogens with one attached hydrogen (secondary N) is 1. The molecule has 0 spiro atoms. The number of likely N-dealkylation sites (N-methyl/N-ethyl adjacent to an activating group) is 1. The third kappa shape index (κ3) is 3.78. The second kappa shape index (κ2) is 7.75. The molecule has 1 aromatic carbocycles. The van der Waals surface area contributed by atoms with Gasteiger partial charge in [0.1, 0.15) is 5.69 Å². The Bertz CT molecular complexity index is 923. The van der Waals surface area contributed by atoms with Gasteiger partial charge in [-0.1, -0.05) is 6.07 Å². The first kappa shape index (κ1) is 17.5. The van der Waals surface area contributed by atoms with Crippen LogP contribution in [0, 0.1) is 0 Å². The summed E-state index contributed by atoms with van der Waals surface area (Å²) in [6, 6.07) is 6.15. The van der Waals surface area contributed by atoms with Crippen molar-refractivity contribution in [2.24, 2.45) is 0 Å². The Morgan fingerprint density at radius 3 is 2.59 bits per heavy atom. The number of rotatable bonds is 5. The molecule has 1 aliphatic rings. The van der Waals surface area contributed by atoms with Gasteiger partial charge in [-0.3, -0.25) is 15.0 Å². The molecule has 3 heterocycles. The van der Waals surface area contributed by atoms with E-state index in [0.717, 1.165) is 59.9 Å². The van der Waals surface area contributed by atoms with Gasteiger partial charge in [-0.2, -0.15) is 0 Å². The number of fused-ring (bicyclic) bond motifs is 1. The summed E-state index contributed by atoms with van der Waals surface area (Å²) in [6.45, 7) is 4.69. The monoisotopic (exact) mass is 364 g/mol. The third-order valence-corrected chi connectivity index (χ3v) is 4.94. The van der Waals surface area contributed by atoms with E-state index < -0.39 is 0 Å².